The number of anilines is 1. The van der Waals surface area contributed by atoms with Crippen LogP contribution in [0.25, 0.3) is 16.8 Å². The molecule has 3 aromatic rings. The first-order chi connectivity index (χ1) is 21.0. The predicted octanol–water partition coefficient (Wildman–Crippen LogP) is 6.86. The van der Waals surface area contributed by atoms with Crippen LogP contribution < -0.4 is 4.90 Å². The van der Waals surface area contributed by atoms with Crippen molar-refractivity contribution in [2.24, 2.45) is 11.8 Å². The van der Waals surface area contributed by atoms with Crippen LogP contribution in [0.4, 0.5) is 5.82 Å². The summed E-state index contributed by atoms with van der Waals surface area (Å²) in [5.41, 5.74) is 4.50. The van der Waals surface area contributed by atoms with E-state index in [4.69, 9.17) is 24.7 Å². The molecule has 2 aliphatic rings. The SMILES string of the molecule is C[Si](C)(C)CCOCN(COCC[Si](C)(C)C)c1cc([C@H]2C[C@@H]3CC[C@@H](C3)C2)nc2c(-c3ccc(C#CCO)nc3)cnn12. The summed E-state index contributed by atoms with van der Waals surface area (Å²) in [7, 11) is -2.43. The standard InChI is InChI=1S/C34H51N5O3Si2/c1-43(2,3)16-14-41-24-38(25-42-15-17-44(4,5)6)33-21-32(29-19-26-9-10-27(18-26)20-29)37-34-31(23-36-39(33)34)28-11-12-30(35-22-28)8-7-13-40/h11-12,21-23,26-27,29,40H,9-10,13-20,24-25H2,1-6H3/t26-,27+,29+. The van der Waals surface area contributed by atoms with Gasteiger partial charge in [0.2, 0.25) is 0 Å². The number of aromatic nitrogens is 4. The third kappa shape index (κ3) is 8.79. The minimum atomic E-state index is -1.21. The van der Waals surface area contributed by atoms with Crippen molar-refractivity contribution in [1.29, 1.82) is 0 Å². The highest BCUT2D eigenvalue weighted by atomic mass is 28.3. The van der Waals surface area contributed by atoms with E-state index in [2.05, 4.69) is 67.1 Å². The Morgan fingerprint density at radius 1 is 0.932 bits per heavy atom. The number of pyridine rings is 1. The van der Waals surface area contributed by atoms with Gasteiger partial charge in [-0.05, 0) is 61.2 Å². The van der Waals surface area contributed by atoms with Crippen LogP contribution in [0, 0.1) is 23.7 Å². The van der Waals surface area contributed by atoms with Gasteiger partial charge in [-0.25, -0.2) is 9.97 Å². The van der Waals surface area contributed by atoms with Crippen LogP contribution in [0.1, 0.15) is 49.4 Å². The van der Waals surface area contributed by atoms with E-state index in [1.807, 2.05) is 29.0 Å². The Kier molecular flexibility index (Phi) is 10.6. The Hall–Kier alpha value is -2.56. The molecule has 1 N–H and O–H groups in total. The first-order valence-electron chi connectivity index (χ1n) is 16.3. The quantitative estimate of drug-likeness (QED) is 0.0953. The van der Waals surface area contributed by atoms with Crippen LogP contribution in [0.3, 0.4) is 0 Å². The summed E-state index contributed by atoms with van der Waals surface area (Å²) in [6.45, 7) is 16.5. The van der Waals surface area contributed by atoms with Crippen LogP contribution in [-0.2, 0) is 9.47 Å². The highest BCUT2D eigenvalue weighted by Crippen LogP contribution is 2.48. The van der Waals surface area contributed by atoms with Gasteiger partial charge in [-0.1, -0.05) is 58.0 Å². The number of hydrogen-bond donors (Lipinski definition) is 1. The van der Waals surface area contributed by atoms with Crippen molar-refractivity contribution in [3.63, 3.8) is 0 Å². The van der Waals surface area contributed by atoms with Crippen molar-refractivity contribution in [1.82, 2.24) is 19.6 Å². The summed E-state index contributed by atoms with van der Waals surface area (Å²) in [6, 6.07) is 8.40. The number of rotatable bonds is 13. The van der Waals surface area contributed by atoms with Gasteiger partial charge >= 0.3 is 0 Å². The number of fused-ring (bicyclic) bond motifs is 3. The maximum Gasteiger partial charge on any atom is 0.165 e. The normalized spacial score (nSPS) is 20.1. The number of nitrogens with zero attached hydrogens (tertiary/aromatic N) is 5. The van der Waals surface area contributed by atoms with Gasteiger partial charge in [0.25, 0.3) is 0 Å². The average molecular weight is 634 g/mol. The lowest BCUT2D eigenvalue weighted by molar-refractivity contribution is 0.0942. The fraction of sp³-hybridized carbons (Fsp3) is 0.618. The molecule has 0 saturated heterocycles. The largest absolute Gasteiger partial charge is 0.384 e. The van der Waals surface area contributed by atoms with E-state index in [9.17, 15) is 0 Å². The third-order valence-corrected chi connectivity index (χ3v) is 12.4. The molecular formula is C34H51N5O3Si2. The van der Waals surface area contributed by atoms with Gasteiger partial charge in [0.15, 0.2) is 5.65 Å². The van der Waals surface area contributed by atoms with E-state index in [0.717, 1.165) is 65.4 Å². The molecule has 10 heteroatoms. The Labute approximate surface area is 265 Å². The Balaban J connectivity index is 1.51. The summed E-state index contributed by atoms with van der Waals surface area (Å²) in [5.74, 6) is 8.60. The van der Waals surface area contributed by atoms with Crippen molar-refractivity contribution in [2.45, 2.75) is 89.4 Å². The summed E-state index contributed by atoms with van der Waals surface area (Å²) < 4.78 is 14.6. The molecule has 3 atom stereocenters. The molecule has 0 spiro atoms. The first kappa shape index (κ1) is 32.8. The average Bonchev–Trinajstić information content (AvgIpc) is 3.56. The lowest BCUT2D eigenvalue weighted by atomic mass is 9.79. The highest BCUT2D eigenvalue weighted by Gasteiger charge is 2.36. The van der Waals surface area contributed by atoms with E-state index in [1.54, 1.807) is 0 Å². The molecule has 3 heterocycles. The van der Waals surface area contributed by atoms with E-state index in [1.165, 1.54) is 32.1 Å². The number of hydrogen-bond acceptors (Lipinski definition) is 7. The lowest BCUT2D eigenvalue weighted by Gasteiger charge is -2.30. The number of aliphatic hydroxyl groups is 1. The molecule has 8 nitrogen and oxygen atoms in total. The Bertz CT molecular complexity index is 1420. The van der Waals surface area contributed by atoms with E-state index >= 15 is 0 Å². The monoisotopic (exact) mass is 633 g/mol. The van der Waals surface area contributed by atoms with Crippen molar-refractivity contribution in [3.05, 3.63) is 42.0 Å². The van der Waals surface area contributed by atoms with Crippen LogP contribution in [-0.4, -0.2) is 74.1 Å². The Morgan fingerprint density at radius 3 is 2.16 bits per heavy atom. The number of ether oxygens (including phenoxy) is 2. The molecule has 2 bridgehead atoms. The zero-order chi connectivity index (χ0) is 31.3. The van der Waals surface area contributed by atoms with E-state index in [0.29, 0.717) is 25.1 Å². The van der Waals surface area contributed by atoms with E-state index in [-0.39, 0.29) is 6.61 Å². The van der Waals surface area contributed by atoms with Gasteiger partial charge in [-0.3, -0.25) is 0 Å². The number of aliphatic hydroxyl groups excluding tert-OH is 1. The maximum atomic E-state index is 9.06. The molecule has 238 valence electrons. The molecule has 5 rings (SSSR count). The summed E-state index contributed by atoms with van der Waals surface area (Å²) in [6.07, 6.45) is 10.2. The molecule has 2 aliphatic carbocycles. The second kappa shape index (κ2) is 14.3. The van der Waals surface area contributed by atoms with Gasteiger partial charge in [0, 0.05) is 64.4 Å². The lowest BCUT2D eigenvalue weighted by Crippen LogP contribution is -2.33. The first-order valence-corrected chi connectivity index (χ1v) is 23.8. The molecule has 3 aromatic heterocycles. The fourth-order valence-electron chi connectivity index (χ4n) is 6.39. The van der Waals surface area contributed by atoms with Crippen LogP contribution in [0.15, 0.2) is 30.6 Å². The molecular weight excluding hydrogens is 583 g/mol. The minimum absolute atomic E-state index is 0.184. The summed E-state index contributed by atoms with van der Waals surface area (Å²) >= 11 is 0. The van der Waals surface area contributed by atoms with Crippen LogP contribution in [0.2, 0.25) is 51.4 Å². The van der Waals surface area contributed by atoms with Gasteiger partial charge in [-0.2, -0.15) is 9.61 Å². The minimum Gasteiger partial charge on any atom is -0.384 e. The maximum absolute atomic E-state index is 9.06. The molecule has 44 heavy (non-hydrogen) atoms. The predicted molar refractivity (Wildman–Crippen MR) is 183 cm³/mol. The van der Waals surface area contributed by atoms with Crippen LogP contribution >= 0.6 is 0 Å². The molecule has 0 aromatic carbocycles. The van der Waals surface area contributed by atoms with Gasteiger partial charge in [0.05, 0.1) is 6.20 Å². The smallest absolute Gasteiger partial charge is 0.165 e. The van der Waals surface area contributed by atoms with E-state index < -0.39 is 16.1 Å². The zero-order valence-corrected chi connectivity index (χ0v) is 29.6. The third-order valence-electron chi connectivity index (χ3n) is 8.96. The van der Waals surface area contributed by atoms with Gasteiger partial charge in [0.1, 0.15) is 31.6 Å². The van der Waals surface area contributed by atoms with Crippen molar-refractivity contribution >= 4 is 27.6 Å². The molecule has 0 radical (unpaired) electrons. The fourth-order valence-corrected chi connectivity index (χ4v) is 7.90. The Morgan fingerprint density at radius 2 is 1.59 bits per heavy atom. The van der Waals surface area contributed by atoms with Crippen molar-refractivity contribution < 1.29 is 14.6 Å². The second-order valence-corrected chi connectivity index (χ2v) is 26.4. The topological polar surface area (TPSA) is 85.0 Å². The second-order valence-electron chi connectivity index (χ2n) is 15.2. The molecule has 0 amide bonds. The summed E-state index contributed by atoms with van der Waals surface area (Å²) in [5, 5.41) is 13.9. The zero-order valence-electron chi connectivity index (χ0n) is 27.6. The molecule has 2 fully saturated rings. The molecule has 0 unspecified atom stereocenters. The van der Waals surface area contributed by atoms with Gasteiger partial charge < -0.3 is 19.5 Å². The van der Waals surface area contributed by atoms with Crippen molar-refractivity contribution in [3.8, 4) is 23.0 Å². The summed E-state index contributed by atoms with van der Waals surface area (Å²) in [4.78, 5) is 12.0. The van der Waals surface area contributed by atoms with Crippen LogP contribution in [0.5, 0.6) is 0 Å². The van der Waals surface area contributed by atoms with Gasteiger partial charge in [-0.15, -0.1) is 0 Å². The highest BCUT2D eigenvalue weighted by molar-refractivity contribution is 6.76. The molecule has 0 aliphatic heterocycles. The van der Waals surface area contributed by atoms with Crippen molar-refractivity contribution in [2.75, 3.05) is 38.2 Å². The molecule has 2 saturated carbocycles.